The quantitative estimate of drug-likeness (QED) is 0.867. The monoisotopic (exact) mass is 260 g/mol. The number of rotatable bonds is 6. The van der Waals surface area contributed by atoms with E-state index in [1.165, 1.54) is 0 Å². The van der Waals surface area contributed by atoms with Gasteiger partial charge in [0.25, 0.3) is 0 Å². The Morgan fingerprint density at radius 1 is 1.26 bits per heavy atom. The number of ether oxygens (including phenoxy) is 1. The van der Waals surface area contributed by atoms with Gasteiger partial charge in [-0.2, -0.15) is 5.10 Å². The van der Waals surface area contributed by atoms with Crippen LogP contribution >= 0.6 is 0 Å². The highest BCUT2D eigenvalue weighted by atomic mass is 16.5. The predicted molar refractivity (Wildman–Crippen MR) is 75.2 cm³/mol. The number of anilines is 1. The van der Waals surface area contributed by atoms with Gasteiger partial charge in [-0.15, -0.1) is 0 Å². The van der Waals surface area contributed by atoms with Gasteiger partial charge in [0.1, 0.15) is 18.7 Å². The summed E-state index contributed by atoms with van der Waals surface area (Å²) in [7, 11) is 1.89. The molecule has 2 rings (SSSR count). The summed E-state index contributed by atoms with van der Waals surface area (Å²) < 4.78 is 7.62. The van der Waals surface area contributed by atoms with Gasteiger partial charge >= 0.3 is 0 Å². The van der Waals surface area contributed by atoms with E-state index >= 15 is 0 Å². The number of aromatic nitrogens is 3. The molecule has 0 spiro atoms. The van der Waals surface area contributed by atoms with Gasteiger partial charge in [-0.3, -0.25) is 0 Å². The first-order chi connectivity index (χ1) is 9.19. The lowest BCUT2D eigenvalue weighted by atomic mass is 10.2. The SMILES string of the molecule is CNc1ccc(OCc2ncnn2CC(C)C)cc1. The second-order valence-electron chi connectivity index (χ2n) is 4.82. The lowest BCUT2D eigenvalue weighted by molar-refractivity contribution is 0.282. The zero-order valence-corrected chi connectivity index (χ0v) is 11.6. The first kappa shape index (κ1) is 13.4. The highest BCUT2D eigenvalue weighted by Crippen LogP contribution is 2.16. The summed E-state index contributed by atoms with van der Waals surface area (Å²) in [6.07, 6.45) is 1.57. The molecule has 1 aromatic carbocycles. The van der Waals surface area contributed by atoms with Gasteiger partial charge in [-0.25, -0.2) is 9.67 Å². The van der Waals surface area contributed by atoms with Crippen molar-refractivity contribution < 1.29 is 4.74 Å². The van der Waals surface area contributed by atoms with E-state index in [2.05, 4.69) is 29.2 Å². The average molecular weight is 260 g/mol. The number of benzene rings is 1. The van der Waals surface area contributed by atoms with Crippen molar-refractivity contribution in [2.75, 3.05) is 12.4 Å². The van der Waals surface area contributed by atoms with E-state index in [0.717, 1.165) is 23.8 Å². The fourth-order valence-electron chi connectivity index (χ4n) is 1.76. The number of nitrogens with one attached hydrogen (secondary N) is 1. The number of hydrogen-bond acceptors (Lipinski definition) is 4. The lowest BCUT2D eigenvalue weighted by Crippen LogP contribution is -2.12. The molecule has 5 nitrogen and oxygen atoms in total. The molecule has 0 atom stereocenters. The van der Waals surface area contributed by atoms with Crippen molar-refractivity contribution in [3.63, 3.8) is 0 Å². The van der Waals surface area contributed by atoms with Crippen molar-refractivity contribution in [3.05, 3.63) is 36.4 Å². The highest BCUT2D eigenvalue weighted by molar-refractivity contribution is 5.45. The fourth-order valence-corrected chi connectivity index (χ4v) is 1.76. The maximum atomic E-state index is 5.72. The Morgan fingerprint density at radius 3 is 2.63 bits per heavy atom. The summed E-state index contributed by atoms with van der Waals surface area (Å²) in [4.78, 5) is 4.23. The zero-order chi connectivity index (χ0) is 13.7. The molecule has 1 aromatic heterocycles. The molecule has 19 heavy (non-hydrogen) atoms. The molecule has 2 aromatic rings. The van der Waals surface area contributed by atoms with E-state index in [4.69, 9.17) is 4.74 Å². The third kappa shape index (κ3) is 3.71. The van der Waals surface area contributed by atoms with Crippen molar-refractivity contribution in [3.8, 4) is 5.75 Å². The van der Waals surface area contributed by atoms with Gasteiger partial charge < -0.3 is 10.1 Å². The van der Waals surface area contributed by atoms with Crippen molar-refractivity contribution >= 4 is 5.69 Å². The summed E-state index contributed by atoms with van der Waals surface area (Å²) >= 11 is 0. The lowest BCUT2D eigenvalue weighted by Gasteiger charge is -2.10. The molecule has 0 unspecified atom stereocenters. The summed E-state index contributed by atoms with van der Waals surface area (Å²) in [6, 6.07) is 7.84. The molecule has 0 radical (unpaired) electrons. The van der Waals surface area contributed by atoms with Crippen LogP contribution in [0.5, 0.6) is 5.75 Å². The second kappa shape index (κ2) is 6.22. The third-order valence-electron chi connectivity index (χ3n) is 2.74. The standard InChI is InChI=1S/C14H20N4O/c1-11(2)8-18-14(16-10-17-18)9-19-13-6-4-12(15-3)5-7-13/h4-7,10-11,15H,8-9H2,1-3H3. The van der Waals surface area contributed by atoms with E-state index in [9.17, 15) is 0 Å². The fraction of sp³-hybridized carbons (Fsp3) is 0.429. The number of nitrogens with zero attached hydrogens (tertiary/aromatic N) is 3. The van der Waals surface area contributed by atoms with Gasteiger partial charge in [0.15, 0.2) is 5.82 Å². The third-order valence-corrected chi connectivity index (χ3v) is 2.74. The van der Waals surface area contributed by atoms with Crippen LogP contribution in [-0.4, -0.2) is 21.8 Å². The Labute approximate surface area is 113 Å². The molecule has 0 amide bonds. The number of hydrogen-bond donors (Lipinski definition) is 1. The van der Waals surface area contributed by atoms with Crippen molar-refractivity contribution in [1.82, 2.24) is 14.8 Å². The molecule has 1 heterocycles. The Balaban J connectivity index is 1.96. The molecule has 0 aliphatic heterocycles. The summed E-state index contributed by atoms with van der Waals surface area (Å²) in [5.74, 6) is 2.22. The largest absolute Gasteiger partial charge is 0.486 e. The molecule has 0 saturated heterocycles. The summed E-state index contributed by atoms with van der Waals surface area (Å²) in [5, 5.41) is 7.28. The van der Waals surface area contributed by atoms with Gasteiger partial charge in [0.05, 0.1) is 0 Å². The Morgan fingerprint density at radius 2 is 2.00 bits per heavy atom. The molecule has 0 aliphatic carbocycles. The maximum Gasteiger partial charge on any atom is 0.164 e. The Kier molecular flexibility index (Phi) is 4.39. The first-order valence-corrected chi connectivity index (χ1v) is 6.46. The first-order valence-electron chi connectivity index (χ1n) is 6.46. The molecule has 102 valence electrons. The minimum Gasteiger partial charge on any atom is -0.486 e. The molecular weight excluding hydrogens is 240 g/mol. The molecule has 0 bridgehead atoms. The van der Waals surface area contributed by atoms with E-state index in [-0.39, 0.29) is 0 Å². The van der Waals surface area contributed by atoms with Crippen LogP contribution in [0.2, 0.25) is 0 Å². The Bertz CT molecular complexity index is 504. The second-order valence-corrected chi connectivity index (χ2v) is 4.82. The summed E-state index contributed by atoms with van der Waals surface area (Å²) in [6.45, 7) is 5.61. The average Bonchev–Trinajstić information content (AvgIpc) is 2.83. The van der Waals surface area contributed by atoms with Gasteiger partial charge in [0.2, 0.25) is 0 Å². The van der Waals surface area contributed by atoms with Crippen LogP contribution in [0.4, 0.5) is 5.69 Å². The summed E-state index contributed by atoms with van der Waals surface area (Å²) in [5.41, 5.74) is 1.07. The minimum atomic E-state index is 0.436. The van der Waals surface area contributed by atoms with Crippen LogP contribution in [0.1, 0.15) is 19.7 Å². The van der Waals surface area contributed by atoms with Crippen LogP contribution in [0.25, 0.3) is 0 Å². The van der Waals surface area contributed by atoms with Crippen molar-refractivity contribution in [2.45, 2.75) is 27.0 Å². The van der Waals surface area contributed by atoms with Crippen LogP contribution in [0.15, 0.2) is 30.6 Å². The molecule has 1 N–H and O–H groups in total. The van der Waals surface area contributed by atoms with Crippen molar-refractivity contribution in [1.29, 1.82) is 0 Å². The van der Waals surface area contributed by atoms with E-state index in [1.807, 2.05) is 36.0 Å². The van der Waals surface area contributed by atoms with Crippen LogP contribution in [0.3, 0.4) is 0 Å². The van der Waals surface area contributed by atoms with E-state index in [1.54, 1.807) is 6.33 Å². The Hall–Kier alpha value is -2.04. The molecule has 5 heteroatoms. The van der Waals surface area contributed by atoms with Crippen LogP contribution in [0, 0.1) is 5.92 Å². The van der Waals surface area contributed by atoms with E-state index < -0.39 is 0 Å². The molecular formula is C14H20N4O. The topological polar surface area (TPSA) is 52.0 Å². The maximum absolute atomic E-state index is 5.72. The molecule has 0 aliphatic rings. The minimum absolute atomic E-state index is 0.436. The predicted octanol–water partition coefficient (Wildman–Crippen LogP) is 2.55. The van der Waals surface area contributed by atoms with Crippen molar-refractivity contribution in [2.24, 2.45) is 5.92 Å². The highest BCUT2D eigenvalue weighted by Gasteiger charge is 2.06. The van der Waals surface area contributed by atoms with Crippen LogP contribution in [-0.2, 0) is 13.2 Å². The molecule has 0 saturated carbocycles. The van der Waals surface area contributed by atoms with Gasteiger partial charge in [0, 0.05) is 19.3 Å². The molecule has 0 fully saturated rings. The smallest absolute Gasteiger partial charge is 0.164 e. The van der Waals surface area contributed by atoms with Gasteiger partial charge in [-0.1, -0.05) is 13.8 Å². The van der Waals surface area contributed by atoms with Gasteiger partial charge in [-0.05, 0) is 30.2 Å². The van der Waals surface area contributed by atoms with Crippen LogP contribution < -0.4 is 10.1 Å². The van der Waals surface area contributed by atoms with E-state index in [0.29, 0.717) is 12.5 Å². The normalized spacial score (nSPS) is 10.7. The zero-order valence-electron chi connectivity index (χ0n) is 11.6.